The average Bonchev–Trinajstić information content (AvgIpc) is 2.19. The Bertz CT molecular complexity index is 138. The summed E-state index contributed by atoms with van der Waals surface area (Å²) in [4.78, 5) is 0. The Balaban J connectivity index is 2.50. The van der Waals surface area contributed by atoms with Crippen molar-refractivity contribution in [3.63, 3.8) is 0 Å². The lowest BCUT2D eigenvalue weighted by Crippen LogP contribution is -1.91. The Morgan fingerprint density at radius 2 is 2.62 bits per heavy atom. The van der Waals surface area contributed by atoms with Crippen molar-refractivity contribution in [1.29, 1.82) is 0 Å². The Morgan fingerprint density at radius 3 is 3.12 bits per heavy atom. The molecule has 3 heteroatoms. The molecule has 0 atom stereocenters. The molecule has 1 rings (SSSR count). The lowest BCUT2D eigenvalue weighted by atomic mass is 9.92. The highest BCUT2D eigenvalue weighted by Crippen LogP contribution is 2.04. The molecule has 0 fully saturated rings. The number of rotatable bonds is 2. The zero-order valence-electron chi connectivity index (χ0n) is 4.50. The maximum atomic E-state index is 8.44. The molecule has 8 heavy (non-hydrogen) atoms. The minimum Gasteiger partial charge on any atom is -0.454 e. The molecule has 0 spiro atoms. The molecular formula is C5H7BOS. The normalized spacial score (nSPS) is 9.12. The molecule has 1 aromatic rings. The zero-order valence-corrected chi connectivity index (χ0v) is 5.32. The van der Waals surface area contributed by atoms with E-state index < -0.39 is 0 Å². The molecule has 0 radical (unpaired) electrons. The van der Waals surface area contributed by atoms with Gasteiger partial charge < -0.3 is 5.02 Å². The fraction of sp³-hybridized carbons (Fsp3) is 0.200. The van der Waals surface area contributed by atoms with Gasteiger partial charge in [0.15, 0.2) is 0 Å². The third-order valence-corrected chi connectivity index (χ3v) is 1.71. The summed E-state index contributed by atoms with van der Waals surface area (Å²) in [5.74, 6) is 0. The van der Waals surface area contributed by atoms with Crippen LogP contribution in [0.3, 0.4) is 0 Å². The molecule has 0 aliphatic carbocycles. The smallest absolute Gasteiger partial charge is 0.275 e. The number of hydrogen-bond donors (Lipinski definition) is 1. The Hall–Kier alpha value is -0.275. The SMILES string of the molecule is OBCc1ccsc1. The van der Waals surface area contributed by atoms with Crippen LogP contribution < -0.4 is 0 Å². The van der Waals surface area contributed by atoms with Gasteiger partial charge >= 0.3 is 0 Å². The molecule has 0 bridgehead atoms. The van der Waals surface area contributed by atoms with Gasteiger partial charge in [-0.3, -0.25) is 0 Å². The second kappa shape index (κ2) is 2.90. The van der Waals surface area contributed by atoms with Crippen molar-refractivity contribution < 1.29 is 5.02 Å². The first-order valence-corrected chi connectivity index (χ1v) is 3.49. The summed E-state index contributed by atoms with van der Waals surface area (Å²) in [7, 11) is 0.261. The molecule has 0 amide bonds. The van der Waals surface area contributed by atoms with Gasteiger partial charge in [-0.1, -0.05) is 0 Å². The fourth-order valence-electron chi connectivity index (χ4n) is 0.564. The van der Waals surface area contributed by atoms with E-state index in [0.717, 1.165) is 6.32 Å². The summed E-state index contributed by atoms with van der Waals surface area (Å²) < 4.78 is 0. The molecule has 1 N–H and O–H groups in total. The van der Waals surface area contributed by atoms with Crippen LogP contribution in [0.4, 0.5) is 0 Å². The molecule has 1 heterocycles. The van der Waals surface area contributed by atoms with E-state index in [-0.39, 0.29) is 7.48 Å². The third kappa shape index (κ3) is 1.35. The van der Waals surface area contributed by atoms with Crippen molar-refractivity contribution in [2.75, 3.05) is 0 Å². The second-order valence-corrected chi connectivity index (χ2v) is 2.39. The minimum atomic E-state index is 0.261. The summed E-state index contributed by atoms with van der Waals surface area (Å²) in [6.07, 6.45) is 0.795. The van der Waals surface area contributed by atoms with Gasteiger partial charge in [-0.05, 0) is 28.7 Å². The van der Waals surface area contributed by atoms with Gasteiger partial charge in [0, 0.05) is 0 Å². The Morgan fingerprint density at radius 1 is 1.75 bits per heavy atom. The highest BCUT2D eigenvalue weighted by Gasteiger charge is 1.89. The average molecular weight is 126 g/mol. The number of hydrogen-bond acceptors (Lipinski definition) is 2. The van der Waals surface area contributed by atoms with Crippen LogP contribution in [0.25, 0.3) is 0 Å². The van der Waals surface area contributed by atoms with E-state index >= 15 is 0 Å². The standard InChI is InChI=1S/C5H7BOS/c7-6-3-5-1-2-8-4-5/h1-2,4,6-7H,3H2. The number of thiophene rings is 1. The first-order valence-electron chi connectivity index (χ1n) is 2.55. The van der Waals surface area contributed by atoms with Crippen molar-refractivity contribution in [1.82, 2.24) is 0 Å². The highest BCUT2D eigenvalue weighted by molar-refractivity contribution is 7.08. The molecule has 0 aliphatic heterocycles. The van der Waals surface area contributed by atoms with Crippen LogP contribution in [0.1, 0.15) is 5.56 Å². The second-order valence-electron chi connectivity index (χ2n) is 1.61. The topological polar surface area (TPSA) is 20.2 Å². The van der Waals surface area contributed by atoms with E-state index in [1.807, 2.05) is 11.4 Å². The fourth-order valence-corrected chi connectivity index (χ4v) is 1.27. The van der Waals surface area contributed by atoms with Crippen molar-refractivity contribution in [2.45, 2.75) is 6.32 Å². The molecule has 0 aromatic carbocycles. The van der Waals surface area contributed by atoms with E-state index in [2.05, 4.69) is 5.38 Å². The minimum absolute atomic E-state index is 0.261. The maximum absolute atomic E-state index is 8.44. The summed E-state index contributed by atoms with van der Waals surface area (Å²) in [6.45, 7) is 0. The highest BCUT2D eigenvalue weighted by atomic mass is 32.1. The van der Waals surface area contributed by atoms with Crippen molar-refractivity contribution >= 4 is 18.8 Å². The van der Waals surface area contributed by atoms with Crippen LogP contribution in [0.15, 0.2) is 16.8 Å². The van der Waals surface area contributed by atoms with Crippen LogP contribution in [0.5, 0.6) is 0 Å². The van der Waals surface area contributed by atoms with E-state index in [4.69, 9.17) is 5.02 Å². The van der Waals surface area contributed by atoms with Crippen LogP contribution in [0.2, 0.25) is 0 Å². The first kappa shape index (κ1) is 5.85. The lowest BCUT2D eigenvalue weighted by Gasteiger charge is -1.83. The summed E-state index contributed by atoms with van der Waals surface area (Å²) in [6, 6.07) is 2.03. The summed E-state index contributed by atoms with van der Waals surface area (Å²) in [5.41, 5.74) is 1.23. The van der Waals surface area contributed by atoms with Crippen LogP contribution in [-0.4, -0.2) is 12.5 Å². The van der Waals surface area contributed by atoms with Crippen LogP contribution in [-0.2, 0) is 6.32 Å². The Labute approximate surface area is 53.3 Å². The molecule has 0 unspecified atom stereocenters. The van der Waals surface area contributed by atoms with Gasteiger partial charge in [0.1, 0.15) is 0 Å². The van der Waals surface area contributed by atoms with Gasteiger partial charge in [0.2, 0.25) is 0 Å². The molecule has 0 saturated heterocycles. The van der Waals surface area contributed by atoms with Gasteiger partial charge in [0.25, 0.3) is 7.48 Å². The molecule has 0 saturated carbocycles. The third-order valence-electron chi connectivity index (χ3n) is 0.981. The van der Waals surface area contributed by atoms with E-state index in [1.165, 1.54) is 5.56 Å². The quantitative estimate of drug-likeness (QED) is 0.575. The van der Waals surface area contributed by atoms with E-state index in [9.17, 15) is 0 Å². The van der Waals surface area contributed by atoms with Crippen molar-refractivity contribution in [3.8, 4) is 0 Å². The predicted octanol–water partition coefficient (Wildman–Crippen LogP) is 0.592. The van der Waals surface area contributed by atoms with Crippen LogP contribution in [0, 0.1) is 0 Å². The molecule has 0 aliphatic rings. The van der Waals surface area contributed by atoms with Gasteiger partial charge in [0.05, 0.1) is 0 Å². The lowest BCUT2D eigenvalue weighted by molar-refractivity contribution is 0.601. The maximum Gasteiger partial charge on any atom is 0.275 e. The Kier molecular flexibility index (Phi) is 2.12. The van der Waals surface area contributed by atoms with Crippen molar-refractivity contribution in [2.24, 2.45) is 0 Å². The zero-order chi connectivity index (χ0) is 5.82. The van der Waals surface area contributed by atoms with Crippen LogP contribution >= 0.6 is 11.3 Å². The molecule has 1 aromatic heterocycles. The molecule has 42 valence electrons. The van der Waals surface area contributed by atoms with Gasteiger partial charge in [-0.25, -0.2) is 0 Å². The molecular weight excluding hydrogens is 119 g/mol. The van der Waals surface area contributed by atoms with E-state index in [0.29, 0.717) is 0 Å². The van der Waals surface area contributed by atoms with Crippen molar-refractivity contribution in [3.05, 3.63) is 22.4 Å². The largest absolute Gasteiger partial charge is 0.454 e. The predicted molar refractivity (Wildman–Crippen MR) is 37.4 cm³/mol. The van der Waals surface area contributed by atoms with Gasteiger partial charge in [-0.2, -0.15) is 11.3 Å². The molecule has 1 nitrogen and oxygen atoms in total. The summed E-state index contributed by atoms with van der Waals surface area (Å²) in [5, 5.41) is 12.5. The monoisotopic (exact) mass is 126 g/mol. The summed E-state index contributed by atoms with van der Waals surface area (Å²) >= 11 is 1.67. The first-order chi connectivity index (χ1) is 3.93. The van der Waals surface area contributed by atoms with Gasteiger partial charge in [-0.15, -0.1) is 0 Å². The van der Waals surface area contributed by atoms with E-state index in [1.54, 1.807) is 11.3 Å².